The van der Waals surface area contributed by atoms with E-state index < -0.39 is 0 Å². The van der Waals surface area contributed by atoms with Gasteiger partial charge in [-0.2, -0.15) is 0 Å². The average Bonchev–Trinajstić information content (AvgIpc) is 2.94. The molecular weight excluding hydrogens is 271 g/mol. The number of morpholine rings is 1. The van der Waals surface area contributed by atoms with Gasteiger partial charge >= 0.3 is 0 Å². The number of nitrogens with zero attached hydrogens (tertiary/aromatic N) is 1. The van der Waals surface area contributed by atoms with Crippen molar-refractivity contribution in [3.8, 4) is 5.75 Å². The molecule has 3 atom stereocenters. The number of nitrogens with two attached hydrogens (primary N) is 1. The summed E-state index contributed by atoms with van der Waals surface area (Å²) in [5, 5.41) is 0. The third-order valence-electron chi connectivity index (χ3n) is 4.58. The summed E-state index contributed by atoms with van der Waals surface area (Å²) in [6.45, 7) is 2.81. The van der Waals surface area contributed by atoms with Gasteiger partial charge in [0.1, 0.15) is 0 Å². The van der Waals surface area contributed by atoms with E-state index in [9.17, 15) is 4.39 Å². The molecule has 1 aromatic rings. The third kappa shape index (κ3) is 3.20. The molecule has 2 N–H and O–H groups in total. The second-order valence-corrected chi connectivity index (χ2v) is 6.00. The van der Waals surface area contributed by atoms with Gasteiger partial charge < -0.3 is 15.2 Å². The van der Waals surface area contributed by atoms with Crippen LogP contribution in [0.5, 0.6) is 5.75 Å². The highest BCUT2D eigenvalue weighted by Crippen LogP contribution is 2.25. The van der Waals surface area contributed by atoms with Crippen LogP contribution in [0.15, 0.2) is 18.2 Å². The van der Waals surface area contributed by atoms with Crippen molar-refractivity contribution in [3.05, 3.63) is 29.6 Å². The summed E-state index contributed by atoms with van der Waals surface area (Å²) < 4.78 is 24.6. The number of hydrogen-bond donors (Lipinski definition) is 1. The molecule has 0 saturated carbocycles. The first-order chi connectivity index (χ1) is 10.2. The molecular formula is C16H23FN2O2. The van der Waals surface area contributed by atoms with Crippen molar-refractivity contribution in [3.63, 3.8) is 0 Å². The summed E-state index contributed by atoms with van der Waals surface area (Å²) in [5.41, 5.74) is 7.16. The fourth-order valence-corrected chi connectivity index (χ4v) is 3.34. The first-order valence-corrected chi connectivity index (χ1v) is 7.61. The van der Waals surface area contributed by atoms with Crippen molar-refractivity contribution in [2.45, 2.75) is 37.5 Å². The molecule has 2 fully saturated rings. The predicted octanol–water partition coefficient (Wildman–Crippen LogP) is 1.57. The smallest absolute Gasteiger partial charge is 0.165 e. The minimum absolute atomic E-state index is 0.0320. The first kappa shape index (κ1) is 14.8. The standard InChI is InChI=1S/C16H23FN2O2/c1-20-15-5-4-11(7-13(15)17)8-14(18)16-9-19-6-2-3-12(19)10-21-16/h4-5,7,12,14,16H,2-3,6,8-10,18H2,1H3. The third-order valence-corrected chi connectivity index (χ3v) is 4.58. The molecule has 2 aliphatic rings. The molecule has 0 spiro atoms. The summed E-state index contributed by atoms with van der Waals surface area (Å²) in [5.74, 6) is -0.0764. The van der Waals surface area contributed by atoms with Crippen molar-refractivity contribution in [1.29, 1.82) is 0 Å². The number of rotatable bonds is 4. The van der Waals surface area contributed by atoms with Gasteiger partial charge in [0.2, 0.25) is 0 Å². The zero-order valence-electron chi connectivity index (χ0n) is 12.4. The molecule has 2 heterocycles. The molecule has 21 heavy (non-hydrogen) atoms. The highest BCUT2D eigenvalue weighted by atomic mass is 19.1. The van der Waals surface area contributed by atoms with E-state index in [0.29, 0.717) is 12.5 Å². The van der Waals surface area contributed by atoms with Gasteiger partial charge in [0.25, 0.3) is 0 Å². The van der Waals surface area contributed by atoms with E-state index >= 15 is 0 Å². The van der Waals surface area contributed by atoms with Crippen LogP contribution >= 0.6 is 0 Å². The lowest BCUT2D eigenvalue weighted by molar-refractivity contribution is -0.0589. The van der Waals surface area contributed by atoms with Crippen molar-refractivity contribution < 1.29 is 13.9 Å². The van der Waals surface area contributed by atoms with E-state index in [2.05, 4.69) is 4.90 Å². The number of fused-ring (bicyclic) bond motifs is 1. The zero-order valence-corrected chi connectivity index (χ0v) is 12.4. The van der Waals surface area contributed by atoms with Crippen LogP contribution in [0.1, 0.15) is 18.4 Å². The van der Waals surface area contributed by atoms with Crippen LogP contribution in [0.3, 0.4) is 0 Å². The fraction of sp³-hybridized carbons (Fsp3) is 0.625. The van der Waals surface area contributed by atoms with Crippen LogP contribution in [0.25, 0.3) is 0 Å². The SMILES string of the molecule is COc1ccc(CC(N)C2CN3CCCC3CO2)cc1F. The van der Waals surface area contributed by atoms with Crippen molar-refractivity contribution in [2.75, 3.05) is 26.8 Å². The van der Waals surface area contributed by atoms with Crippen LogP contribution in [-0.4, -0.2) is 49.9 Å². The van der Waals surface area contributed by atoms with Crippen molar-refractivity contribution in [2.24, 2.45) is 5.73 Å². The Hall–Kier alpha value is -1.17. The number of hydrogen-bond acceptors (Lipinski definition) is 4. The maximum Gasteiger partial charge on any atom is 0.165 e. The maximum absolute atomic E-state index is 13.7. The lowest BCUT2D eigenvalue weighted by atomic mass is 10.00. The van der Waals surface area contributed by atoms with E-state index in [-0.39, 0.29) is 23.7 Å². The van der Waals surface area contributed by atoms with Gasteiger partial charge in [-0.1, -0.05) is 6.07 Å². The minimum Gasteiger partial charge on any atom is -0.494 e. The lowest BCUT2D eigenvalue weighted by Gasteiger charge is -2.37. The average molecular weight is 294 g/mol. The van der Waals surface area contributed by atoms with Crippen LogP contribution in [0, 0.1) is 5.82 Å². The Labute approximate surface area is 125 Å². The van der Waals surface area contributed by atoms with E-state index in [1.165, 1.54) is 26.0 Å². The Morgan fingerprint density at radius 3 is 3.14 bits per heavy atom. The topological polar surface area (TPSA) is 47.7 Å². The highest BCUT2D eigenvalue weighted by Gasteiger charge is 2.34. The number of halogens is 1. The van der Waals surface area contributed by atoms with E-state index in [4.69, 9.17) is 15.2 Å². The Bertz CT molecular complexity index is 497. The van der Waals surface area contributed by atoms with Crippen LogP contribution in [0.2, 0.25) is 0 Å². The Balaban J connectivity index is 1.60. The molecule has 2 saturated heterocycles. The van der Waals surface area contributed by atoms with Gasteiger partial charge in [0.05, 0.1) is 19.8 Å². The van der Waals surface area contributed by atoms with Crippen LogP contribution in [0.4, 0.5) is 4.39 Å². The van der Waals surface area contributed by atoms with Gasteiger partial charge in [-0.15, -0.1) is 0 Å². The number of methoxy groups -OCH3 is 1. The monoisotopic (exact) mass is 294 g/mol. The summed E-state index contributed by atoms with van der Waals surface area (Å²) in [6.07, 6.45) is 3.12. The van der Waals surface area contributed by atoms with Gasteiger partial charge in [-0.25, -0.2) is 4.39 Å². The highest BCUT2D eigenvalue weighted by molar-refractivity contribution is 5.29. The summed E-state index contributed by atoms with van der Waals surface area (Å²) in [4.78, 5) is 2.47. The number of ether oxygens (including phenoxy) is 2. The quantitative estimate of drug-likeness (QED) is 0.915. The fourth-order valence-electron chi connectivity index (χ4n) is 3.34. The molecule has 0 bridgehead atoms. The lowest BCUT2D eigenvalue weighted by Crippen LogP contribution is -2.53. The minimum atomic E-state index is -0.341. The molecule has 3 unspecified atom stereocenters. The summed E-state index contributed by atoms with van der Waals surface area (Å²) >= 11 is 0. The largest absolute Gasteiger partial charge is 0.494 e. The summed E-state index contributed by atoms with van der Waals surface area (Å²) in [7, 11) is 1.46. The maximum atomic E-state index is 13.7. The molecule has 0 aromatic heterocycles. The number of benzene rings is 1. The van der Waals surface area contributed by atoms with Crippen LogP contribution in [-0.2, 0) is 11.2 Å². The van der Waals surface area contributed by atoms with E-state index in [1.807, 2.05) is 6.07 Å². The van der Waals surface area contributed by atoms with Gasteiger partial charge in [-0.3, -0.25) is 4.90 Å². The molecule has 0 aliphatic carbocycles. The molecule has 4 nitrogen and oxygen atoms in total. The van der Waals surface area contributed by atoms with Crippen molar-refractivity contribution >= 4 is 0 Å². The summed E-state index contributed by atoms with van der Waals surface area (Å²) in [6, 6.07) is 5.48. The molecule has 0 amide bonds. The van der Waals surface area contributed by atoms with Gasteiger partial charge in [0, 0.05) is 18.6 Å². The molecule has 2 aliphatic heterocycles. The Kier molecular flexibility index (Phi) is 4.42. The first-order valence-electron chi connectivity index (χ1n) is 7.61. The predicted molar refractivity (Wildman–Crippen MR) is 79.0 cm³/mol. The van der Waals surface area contributed by atoms with E-state index in [0.717, 1.165) is 25.3 Å². The Morgan fingerprint density at radius 2 is 2.38 bits per heavy atom. The second kappa shape index (κ2) is 6.30. The van der Waals surface area contributed by atoms with Crippen LogP contribution < -0.4 is 10.5 Å². The van der Waals surface area contributed by atoms with Crippen molar-refractivity contribution in [1.82, 2.24) is 4.90 Å². The normalized spacial score (nSPS) is 27.4. The van der Waals surface area contributed by atoms with Gasteiger partial charge in [0.15, 0.2) is 11.6 Å². The van der Waals surface area contributed by atoms with E-state index in [1.54, 1.807) is 6.07 Å². The zero-order chi connectivity index (χ0) is 14.8. The second-order valence-electron chi connectivity index (χ2n) is 6.00. The molecule has 5 heteroatoms. The molecule has 116 valence electrons. The molecule has 1 aromatic carbocycles. The van der Waals surface area contributed by atoms with Gasteiger partial charge in [-0.05, 0) is 43.5 Å². The molecule has 3 rings (SSSR count). The Morgan fingerprint density at radius 1 is 1.52 bits per heavy atom. The molecule has 0 radical (unpaired) electrons.